The van der Waals surface area contributed by atoms with Gasteiger partial charge in [0.25, 0.3) is 5.89 Å². The van der Waals surface area contributed by atoms with E-state index in [4.69, 9.17) is 10.3 Å². The van der Waals surface area contributed by atoms with Gasteiger partial charge in [0.1, 0.15) is 0 Å². The molecule has 102 valence electrons. The molecule has 2 N–H and O–H groups in total. The lowest BCUT2D eigenvalue weighted by atomic mass is 10.1. The molecule has 0 aliphatic rings. The van der Waals surface area contributed by atoms with Gasteiger partial charge in [0.2, 0.25) is 0 Å². The molecule has 0 saturated carbocycles. The SMILES string of the molecule is CC(N)c1noc(-c2cc(C(F)(F)F)ccc2Br)n1. The topological polar surface area (TPSA) is 64.9 Å². The minimum atomic E-state index is -4.43. The van der Waals surface area contributed by atoms with E-state index in [9.17, 15) is 13.2 Å². The molecule has 0 bridgehead atoms. The maximum Gasteiger partial charge on any atom is 0.416 e. The number of aromatic nitrogens is 2. The van der Waals surface area contributed by atoms with Crippen LogP contribution in [0, 0.1) is 0 Å². The highest BCUT2D eigenvalue weighted by atomic mass is 79.9. The van der Waals surface area contributed by atoms with Crippen LogP contribution in [0.4, 0.5) is 13.2 Å². The number of hydrogen-bond donors (Lipinski definition) is 1. The summed E-state index contributed by atoms with van der Waals surface area (Å²) in [5, 5.41) is 3.61. The summed E-state index contributed by atoms with van der Waals surface area (Å²) in [5.74, 6) is 0.226. The summed E-state index contributed by atoms with van der Waals surface area (Å²) in [6.45, 7) is 1.65. The molecule has 0 radical (unpaired) electrons. The van der Waals surface area contributed by atoms with E-state index >= 15 is 0 Å². The Morgan fingerprint density at radius 2 is 2.05 bits per heavy atom. The Morgan fingerprint density at radius 3 is 2.58 bits per heavy atom. The number of nitrogens with zero attached hydrogens (tertiary/aromatic N) is 2. The van der Waals surface area contributed by atoms with Gasteiger partial charge in [0, 0.05) is 4.47 Å². The normalized spacial score (nSPS) is 13.6. The lowest BCUT2D eigenvalue weighted by Gasteiger charge is -2.08. The first kappa shape index (κ1) is 14.0. The van der Waals surface area contributed by atoms with Crippen molar-refractivity contribution in [2.24, 2.45) is 5.73 Å². The minimum absolute atomic E-state index is 0.00900. The average molecular weight is 336 g/mol. The summed E-state index contributed by atoms with van der Waals surface area (Å²) in [4.78, 5) is 3.96. The minimum Gasteiger partial charge on any atom is -0.334 e. The third kappa shape index (κ3) is 2.95. The number of alkyl halides is 3. The van der Waals surface area contributed by atoms with E-state index < -0.39 is 17.8 Å². The molecule has 8 heteroatoms. The summed E-state index contributed by atoms with van der Waals surface area (Å²) in [5.41, 5.74) is 4.95. The largest absolute Gasteiger partial charge is 0.416 e. The molecule has 0 spiro atoms. The van der Waals surface area contributed by atoms with Crippen molar-refractivity contribution in [2.45, 2.75) is 19.1 Å². The van der Waals surface area contributed by atoms with Crippen LogP contribution in [0.1, 0.15) is 24.4 Å². The summed E-state index contributed by atoms with van der Waals surface area (Å²) in [6.07, 6.45) is -4.43. The van der Waals surface area contributed by atoms with Crippen LogP contribution in [0.2, 0.25) is 0 Å². The second kappa shape index (κ2) is 4.93. The van der Waals surface area contributed by atoms with Crippen molar-refractivity contribution in [3.63, 3.8) is 0 Å². The van der Waals surface area contributed by atoms with Crippen molar-refractivity contribution >= 4 is 15.9 Å². The number of hydrogen-bond acceptors (Lipinski definition) is 4. The standard InChI is InChI=1S/C11H9BrF3N3O/c1-5(16)9-17-10(19-18-9)7-4-6(11(13,14)15)2-3-8(7)12/h2-5H,16H2,1H3. The van der Waals surface area contributed by atoms with Crippen LogP contribution >= 0.6 is 15.9 Å². The van der Waals surface area contributed by atoms with Crippen molar-refractivity contribution in [2.75, 3.05) is 0 Å². The van der Waals surface area contributed by atoms with E-state index in [1.165, 1.54) is 6.07 Å². The maximum absolute atomic E-state index is 12.6. The molecule has 0 aliphatic heterocycles. The summed E-state index contributed by atoms with van der Waals surface area (Å²) >= 11 is 3.15. The van der Waals surface area contributed by atoms with Gasteiger partial charge in [-0.3, -0.25) is 0 Å². The van der Waals surface area contributed by atoms with E-state index in [2.05, 4.69) is 26.1 Å². The molecule has 0 fully saturated rings. The van der Waals surface area contributed by atoms with Gasteiger partial charge in [-0.05, 0) is 41.1 Å². The lowest BCUT2D eigenvalue weighted by Crippen LogP contribution is -2.07. The van der Waals surface area contributed by atoms with Crippen molar-refractivity contribution in [3.8, 4) is 11.5 Å². The maximum atomic E-state index is 12.6. The first-order valence-electron chi connectivity index (χ1n) is 5.25. The van der Waals surface area contributed by atoms with E-state index in [1.807, 2.05) is 0 Å². The second-order valence-electron chi connectivity index (χ2n) is 3.94. The van der Waals surface area contributed by atoms with Crippen LogP contribution in [0.3, 0.4) is 0 Å². The molecular weight excluding hydrogens is 327 g/mol. The Kier molecular flexibility index (Phi) is 3.64. The van der Waals surface area contributed by atoms with Crippen LogP contribution < -0.4 is 5.73 Å². The Morgan fingerprint density at radius 1 is 1.37 bits per heavy atom. The van der Waals surface area contributed by atoms with Crippen molar-refractivity contribution < 1.29 is 17.7 Å². The van der Waals surface area contributed by atoms with Gasteiger partial charge in [-0.2, -0.15) is 18.2 Å². The first-order chi connectivity index (χ1) is 8.79. The fraction of sp³-hybridized carbons (Fsp3) is 0.273. The molecule has 1 aromatic heterocycles. The smallest absolute Gasteiger partial charge is 0.334 e. The highest BCUT2D eigenvalue weighted by Gasteiger charge is 2.31. The highest BCUT2D eigenvalue weighted by Crippen LogP contribution is 2.35. The average Bonchev–Trinajstić information content (AvgIpc) is 2.77. The van der Waals surface area contributed by atoms with Gasteiger partial charge >= 0.3 is 6.18 Å². The quantitative estimate of drug-likeness (QED) is 0.911. The number of rotatable bonds is 2. The predicted octanol–water partition coefficient (Wildman–Crippen LogP) is 3.54. The molecule has 2 rings (SSSR count). The van der Waals surface area contributed by atoms with Crippen LogP contribution in [0.25, 0.3) is 11.5 Å². The molecule has 1 heterocycles. The van der Waals surface area contributed by atoms with Gasteiger partial charge < -0.3 is 10.3 Å². The Bertz CT molecular complexity index is 595. The summed E-state index contributed by atoms with van der Waals surface area (Å²) < 4.78 is 43.3. The lowest BCUT2D eigenvalue weighted by molar-refractivity contribution is -0.137. The molecule has 1 aromatic carbocycles. The molecule has 0 saturated heterocycles. The molecule has 2 aromatic rings. The zero-order chi connectivity index (χ0) is 14.2. The fourth-order valence-electron chi connectivity index (χ4n) is 1.39. The second-order valence-corrected chi connectivity index (χ2v) is 4.79. The van der Waals surface area contributed by atoms with E-state index in [0.29, 0.717) is 4.47 Å². The van der Waals surface area contributed by atoms with Crippen LogP contribution in [-0.2, 0) is 6.18 Å². The number of benzene rings is 1. The first-order valence-corrected chi connectivity index (χ1v) is 6.04. The molecule has 4 nitrogen and oxygen atoms in total. The van der Waals surface area contributed by atoms with Gasteiger partial charge in [0.15, 0.2) is 5.82 Å². The molecule has 0 aliphatic carbocycles. The van der Waals surface area contributed by atoms with Crippen LogP contribution in [0.5, 0.6) is 0 Å². The molecule has 19 heavy (non-hydrogen) atoms. The van der Waals surface area contributed by atoms with E-state index in [-0.39, 0.29) is 17.3 Å². The van der Waals surface area contributed by atoms with Gasteiger partial charge in [-0.1, -0.05) is 5.16 Å². The monoisotopic (exact) mass is 335 g/mol. The van der Waals surface area contributed by atoms with Gasteiger partial charge in [-0.15, -0.1) is 0 Å². The Labute approximate surface area is 114 Å². The van der Waals surface area contributed by atoms with Crippen LogP contribution in [0.15, 0.2) is 27.2 Å². The number of halogens is 4. The van der Waals surface area contributed by atoms with Crippen molar-refractivity contribution in [1.29, 1.82) is 0 Å². The third-order valence-corrected chi connectivity index (χ3v) is 3.06. The molecule has 1 atom stereocenters. The summed E-state index contributed by atoms with van der Waals surface area (Å²) in [6, 6.07) is 2.74. The van der Waals surface area contributed by atoms with Crippen LogP contribution in [-0.4, -0.2) is 10.1 Å². The molecule has 0 amide bonds. The van der Waals surface area contributed by atoms with Crippen molar-refractivity contribution in [3.05, 3.63) is 34.1 Å². The predicted molar refractivity (Wildman–Crippen MR) is 65.0 cm³/mol. The summed E-state index contributed by atoms with van der Waals surface area (Å²) in [7, 11) is 0. The molecule has 1 unspecified atom stereocenters. The van der Waals surface area contributed by atoms with Gasteiger partial charge in [-0.25, -0.2) is 0 Å². The fourth-order valence-corrected chi connectivity index (χ4v) is 1.81. The highest BCUT2D eigenvalue weighted by molar-refractivity contribution is 9.10. The molecular formula is C11H9BrF3N3O. The number of nitrogens with two attached hydrogens (primary N) is 1. The third-order valence-electron chi connectivity index (χ3n) is 2.37. The zero-order valence-electron chi connectivity index (χ0n) is 9.70. The van der Waals surface area contributed by atoms with Gasteiger partial charge in [0.05, 0.1) is 17.2 Å². The van der Waals surface area contributed by atoms with E-state index in [1.54, 1.807) is 6.92 Å². The zero-order valence-corrected chi connectivity index (χ0v) is 11.3. The Balaban J connectivity index is 2.48. The van der Waals surface area contributed by atoms with E-state index in [0.717, 1.165) is 12.1 Å². The Hall–Kier alpha value is -1.41. The van der Waals surface area contributed by atoms with Crippen molar-refractivity contribution in [1.82, 2.24) is 10.1 Å².